The van der Waals surface area contributed by atoms with E-state index in [2.05, 4.69) is 4.74 Å². The van der Waals surface area contributed by atoms with Crippen LogP contribution < -0.4 is 0 Å². The Labute approximate surface area is 105 Å². The summed E-state index contributed by atoms with van der Waals surface area (Å²) < 4.78 is 20.0. The van der Waals surface area contributed by atoms with E-state index in [4.69, 9.17) is 14.5 Å². The van der Waals surface area contributed by atoms with E-state index in [0.29, 0.717) is 0 Å². The molecule has 0 aliphatic rings. The van der Waals surface area contributed by atoms with Gasteiger partial charge in [-0.05, 0) is 12.0 Å². The fourth-order valence-electron chi connectivity index (χ4n) is 1.18. The molecule has 0 aromatic heterocycles. The Morgan fingerprint density at radius 3 is 2.44 bits per heavy atom. The fourth-order valence-corrected chi connectivity index (χ4v) is 1.73. The van der Waals surface area contributed by atoms with Crippen molar-refractivity contribution in [2.75, 3.05) is 12.8 Å². The zero-order chi connectivity index (χ0) is 13.4. The summed E-state index contributed by atoms with van der Waals surface area (Å²) in [5, 5.41) is 0. The molecule has 1 rings (SSSR count). The van der Waals surface area contributed by atoms with Gasteiger partial charge in [0.2, 0.25) is 0 Å². The molecule has 18 heavy (non-hydrogen) atoms. The minimum Gasteiger partial charge on any atom is -0.434 e. The van der Waals surface area contributed by atoms with Crippen LogP contribution in [-0.4, -0.2) is 28.7 Å². The number of rotatable bonds is 6. The molecule has 1 aromatic carbocycles. The van der Waals surface area contributed by atoms with Crippen molar-refractivity contribution in [2.45, 2.75) is 13.0 Å². The molecule has 6 nitrogen and oxygen atoms in total. The van der Waals surface area contributed by atoms with Gasteiger partial charge in [0.05, 0.1) is 12.8 Å². The summed E-state index contributed by atoms with van der Waals surface area (Å²) in [5.74, 6) is 0. The lowest BCUT2D eigenvalue weighted by Gasteiger charge is -2.06. The van der Waals surface area contributed by atoms with Gasteiger partial charge >= 0.3 is 13.8 Å². The highest BCUT2D eigenvalue weighted by Gasteiger charge is 2.12. The largest absolute Gasteiger partial charge is 0.508 e. The molecule has 0 saturated heterocycles. The van der Waals surface area contributed by atoms with Crippen molar-refractivity contribution in [1.29, 1.82) is 0 Å². The van der Waals surface area contributed by atoms with Gasteiger partial charge in [-0.1, -0.05) is 30.3 Å². The molecule has 0 aliphatic heterocycles. The van der Waals surface area contributed by atoms with Crippen LogP contribution in [-0.2, 0) is 20.6 Å². The molecular weight excluding hydrogens is 259 g/mol. The molecule has 0 unspecified atom stereocenters. The van der Waals surface area contributed by atoms with Gasteiger partial charge < -0.3 is 19.3 Å². The molecule has 0 radical (unpaired) electrons. The average molecular weight is 274 g/mol. The summed E-state index contributed by atoms with van der Waals surface area (Å²) in [6.07, 6.45) is -1.05. The van der Waals surface area contributed by atoms with Crippen molar-refractivity contribution < 1.29 is 28.6 Å². The van der Waals surface area contributed by atoms with Crippen LogP contribution in [0.4, 0.5) is 4.79 Å². The SMILES string of the molecule is O=C(OCCCP(=O)(O)O)OCc1ccccc1. The van der Waals surface area contributed by atoms with E-state index in [1.165, 1.54) is 0 Å². The van der Waals surface area contributed by atoms with Crippen molar-refractivity contribution in [1.82, 2.24) is 0 Å². The number of hydrogen-bond acceptors (Lipinski definition) is 4. The zero-order valence-electron chi connectivity index (χ0n) is 9.69. The van der Waals surface area contributed by atoms with E-state index in [-0.39, 0.29) is 25.8 Å². The van der Waals surface area contributed by atoms with Crippen molar-refractivity contribution >= 4 is 13.8 Å². The van der Waals surface area contributed by atoms with Crippen molar-refractivity contribution in [3.05, 3.63) is 35.9 Å². The van der Waals surface area contributed by atoms with Crippen molar-refractivity contribution in [2.24, 2.45) is 0 Å². The van der Waals surface area contributed by atoms with Gasteiger partial charge in [-0.3, -0.25) is 4.57 Å². The van der Waals surface area contributed by atoms with E-state index in [9.17, 15) is 9.36 Å². The lowest BCUT2D eigenvalue weighted by Crippen LogP contribution is -2.09. The van der Waals surface area contributed by atoms with E-state index in [1.807, 2.05) is 18.2 Å². The summed E-state index contributed by atoms with van der Waals surface area (Å²) in [7, 11) is -4.02. The van der Waals surface area contributed by atoms with Gasteiger partial charge in [0.1, 0.15) is 6.61 Å². The molecule has 0 amide bonds. The predicted molar refractivity (Wildman–Crippen MR) is 64.1 cm³/mol. The third-order valence-electron chi connectivity index (χ3n) is 2.01. The quantitative estimate of drug-likeness (QED) is 0.467. The molecule has 7 heteroatoms. The molecule has 0 fully saturated rings. The second-order valence-electron chi connectivity index (χ2n) is 3.61. The van der Waals surface area contributed by atoms with Crippen LogP contribution in [0.5, 0.6) is 0 Å². The molecule has 0 bridgehead atoms. The Morgan fingerprint density at radius 2 is 1.83 bits per heavy atom. The van der Waals surface area contributed by atoms with Gasteiger partial charge in [0.15, 0.2) is 0 Å². The zero-order valence-corrected chi connectivity index (χ0v) is 10.6. The van der Waals surface area contributed by atoms with Crippen LogP contribution >= 0.6 is 7.60 Å². The van der Waals surface area contributed by atoms with Crippen LogP contribution in [0.15, 0.2) is 30.3 Å². The molecule has 0 heterocycles. The first-order valence-corrected chi connectivity index (χ1v) is 7.15. The molecule has 1 aromatic rings. The molecule has 0 aliphatic carbocycles. The number of carbonyl (C=O) groups excluding carboxylic acids is 1. The minimum absolute atomic E-state index is 0.0707. The van der Waals surface area contributed by atoms with E-state index < -0.39 is 13.8 Å². The van der Waals surface area contributed by atoms with Gasteiger partial charge in [0, 0.05) is 0 Å². The number of hydrogen-bond donors (Lipinski definition) is 2. The third-order valence-corrected chi connectivity index (χ3v) is 2.91. The molecule has 0 saturated carbocycles. The molecular formula is C11H15O6P. The molecule has 100 valence electrons. The lowest BCUT2D eigenvalue weighted by atomic mass is 10.2. The summed E-state index contributed by atoms with van der Waals surface area (Å²) in [4.78, 5) is 28.3. The maximum Gasteiger partial charge on any atom is 0.508 e. The average Bonchev–Trinajstić information content (AvgIpc) is 2.32. The van der Waals surface area contributed by atoms with Crippen LogP contribution in [0, 0.1) is 0 Å². The van der Waals surface area contributed by atoms with Crippen molar-refractivity contribution in [3.8, 4) is 0 Å². The highest BCUT2D eigenvalue weighted by Crippen LogP contribution is 2.34. The normalized spacial score (nSPS) is 11.0. The van der Waals surface area contributed by atoms with Gasteiger partial charge in [-0.2, -0.15) is 0 Å². The predicted octanol–water partition coefficient (Wildman–Crippen LogP) is 1.91. The maximum atomic E-state index is 11.1. The van der Waals surface area contributed by atoms with Crippen LogP contribution in [0.1, 0.15) is 12.0 Å². The first kappa shape index (κ1) is 14.7. The first-order chi connectivity index (χ1) is 8.47. The Morgan fingerprint density at radius 1 is 1.17 bits per heavy atom. The second kappa shape index (κ2) is 7.16. The number of carbonyl (C=O) groups is 1. The fraction of sp³-hybridized carbons (Fsp3) is 0.364. The lowest BCUT2D eigenvalue weighted by molar-refractivity contribution is 0.0499. The summed E-state index contributed by atoms with van der Waals surface area (Å²) in [6.45, 7) is 0.0386. The van der Waals surface area contributed by atoms with E-state index in [0.717, 1.165) is 5.56 Å². The Kier molecular flexibility index (Phi) is 5.85. The first-order valence-electron chi connectivity index (χ1n) is 5.35. The number of benzene rings is 1. The second-order valence-corrected chi connectivity index (χ2v) is 5.39. The van der Waals surface area contributed by atoms with Gasteiger partial charge in [-0.15, -0.1) is 0 Å². The summed E-state index contributed by atoms with van der Waals surface area (Å²) in [6, 6.07) is 9.11. The maximum absolute atomic E-state index is 11.1. The van der Waals surface area contributed by atoms with E-state index >= 15 is 0 Å². The Hall–Kier alpha value is -1.36. The highest BCUT2D eigenvalue weighted by molar-refractivity contribution is 7.51. The molecule has 2 N–H and O–H groups in total. The smallest absolute Gasteiger partial charge is 0.434 e. The van der Waals surface area contributed by atoms with Crippen LogP contribution in [0.3, 0.4) is 0 Å². The molecule has 0 spiro atoms. The van der Waals surface area contributed by atoms with Gasteiger partial charge in [-0.25, -0.2) is 4.79 Å². The Balaban J connectivity index is 2.13. The summed E-state index contributed by atoms with van der Waals surface area (Å²) in [5.41, 5.74) is 0.838. The topological polar surface area (TPSA) is 93.1 Å². The standard InChI is InChI=1S/C11H15O6P/c12-11(16-7-4-8-18(13,14)15)17-9-10-5-2-1-3-6-10/h1-3,5-6H,4,7-9H2,(H2,13,14,15). The van der Waals surface area contributed by atoms with E-state index in [1.54, 1.807) is 12.1 Å². The molecule has 0 atom stereocenters. The van der Waals surface area contributed by atoms with Crippen LogP contribution in [0.25, 0.3) is 0 Å². The van der Waals surface area contributed by atoms with Crippen LogP contribution in [0.2, 0.25) is 0 Å². The monoisotopic (exact) mass is 274 g/mol. The highest BCUT2D eigenvalue weighted by atomic mass is 31.2. The Bertz CT molecular complexity index is 413. The minimum atomic E-state index is -4.02. The summed E-state index contributed by atoms with van der Waals surface area (Å²) >= 11 is 0. The number of ether oxygens (including phenoxy) is 2. The van der Waals surface area contributed by atoms with Crippen molar-refractivity contribution in [3.63, 3.8) is 0 Å². The third kappa shape index (κ3) is 7.06. The van der Waals surface area contributed by atoms with Gasteiger partial charge in [0.25, 0.3) is 0 Å².